The zero-order valence-electron chi connectivity index (χ0n) is 42.0. The zero-order valence-corrected chi connectivity index (χ0v) is 42.8. The van der Waals surface area contributed by atoms with Gasteiger partial charge in [-0.05, 0) is 74.9 Å². The molecule has 0 aliphatic carbocycles. The summed E-state index contributed by atoms with van der Waals surface area (Å²) in [6.07, 6.45) is 40.8. The highest BCUT2D eigenvalue weighted by Crippen LogP contribution is 2.22. The Balaban J connectivity index is 0.000000915. The van der Waals surface area contributed by atoms with E-state index >= 15 is 0 Å². The molecule has 9 heteroatoms. The first kappa shape index (κ1) is 60.2. The zero-order chi connectivity index (χ0) is 47.2. The fourth-order valence-corrected chi connectivity index (χ4v) is 8.72. The monoisotopic (exact) mass is 901 g/mol. The van der Waals surface area contributed by atoms with Gasteiger partial charge in [0.15, 0.2) is 0 Å². The number of carboxylic acid groups (broad SMARTS) is 2. The van der Waals surface area contributed by atoms with E-state index in [4.69, 9.17) is 0 Å². The van der Waals surface area contributed by atoms with Crippen LogP contribution in [-0.2, 0) is 9.84 Å². The number of aromatic carboxylic acids is 2. The lowest BCUT2D eigenvalue weighted by molar-refractivity contribution is -0.888. The Morgan fingerprint density at radius 3 is 0.778 bits per heavy atom. The Bertz CT molecular complexity index is 1400. The van der Waals surface area contributed by atoms with Crippen LogP contribution in [0.3, 0.4) is 0 Å². The minimum Gasteiger partial charge on any atom is -0.545 e. The summed E-state index contributed by atoms with van der Waals surface area (Å²) in [6, 6.07) is 9.07. The number of benzene rings is 2. The molecule has 0 radical (unpaired) electrons. The summed E-state index contributed by atoms with van der Waals surface area (Å²) in [7, 11) is 5.55. The lowest BCUT2D eigenvalue weighted by Crippen LogP contribution is -2.39. The number of quaternary nitrogens is 2. The average Bonchev–Trinajstić information content (AvgIpc) is 3.27. The molecule has 63 heavy (non-hydrogen) atoms. The normalized spacial score (nSPS) is 11.7. The molecular formula is C54H96N2O6S. The molecule has 0 saturated heterocycles. The number of carbonyl (C=O) groups is 2. The molecule has 0 spiro atoms. The Hall–Kier alpha value is -2.75. The molecule has 0 saturated carbocycles. The molecule has 0 atom stereocenters. The van der Waals surface area contributed by atoms with Crippen molar-refractivity contribution in [3.63, 3.8) is 0 Å². The molecule has 0 heterocycles. The third-order valence-corrected chi connectivity index (χ3v) is 14.5. The number of hydrogen-bond acceptors (Lipinski definition) is 6. The lowest BCUT2D eigenvalue weighted by atomic mass is 10.0. The molecule has 0 bridgehead atoms. The molecule has 0 amide bonds. The van der Waals surface area contributed by atoms with Crippen molar-refractivity contribution >= 4 is 21.8 Å². The number of nitrogens with zero attached hydrogens (tertiary/aromatic N) is 2. The quantitative estimate of drug-likeness (QED) is 0.0497. The molecule has 0 N–H and O–H groups in total. The van der Waals surface area contributed by atoms with E-state index in [0.29, 0.717) is 0 Å². The van der Waals surface area contributed by atoms with Gasteiger partial charge in [0.1, 0.15) is 0 Å². The van der Waals surface area contributed by atoms with E-state index in [2.05, 4.69) is 55.9 Å². The largest absolute Gasteiger partial charge is 0.545 e. The van der Waals surface area contributed by atoms with E-state index in [0.717, 1.165) is 48.5 Å². The van der Waals surface area contributed by atoms with E-state index < -0.39 is 21.8 Å². The molecule has 2 aromatic carbocycles. The molecule has 0 aromatic heterocycles. The SMILES string of the molecule is CCCCCCCCCCCCCCCC[N+](C)(C)CC.CCCCCCCCCCCCCCCC[N+](C)(C)CC.O=C([O-])c1ccc(S(=O)(=O)c2ccc(C(=O)[O-])cc2)cc1. The molecule has 364 valence electrons. The van der Waals surface area contributed by atoms with Crippen LogP contribution in [0.1, 0.15) is 228 Å². The number of hydrogen-bond donors (Lipinski definition) is 0. The molecule has 0 unspecified atom stereocenters. The second-order valence-corrected chi connectivity index (χ2v) is 21.2. The van der Waals surface area contributed by atoms with Crippen LogP contribution in [0.25, 0.3) is 0 Å². The van der Waals surface area contributed by atoms with Gasteiger partial charge in [-0.3, -0.25) is 0 Å². The molecule has 8 nitrogen and oxygen atoms in total. The topological polar surface area (TPSA) is 114 Å². The minimum absolute atomic E-state index is 0.103. The van der Waals surface area contributed by atoms with Crippen molar-refractivity contribution in [1.29, 1.82) is 0 Å². The standard InChI is InChI=1S/2C20H44N.C14H10O6S/c2*1-5-7-8-9-10-11-12-13-14-15-16-17-18-19-20-21(3,4)6-2;15-13(16)9-1-5-11(6-2-9)21(19,20)12-7-3-10(4-8-12)14(17)18/h2*5-20H2,1-4H3;1-8H,(H,15,16)(H,17,18)/q2*+1;/p-2. The van der Waals surface area contributed by atoms with Crippen LogP contribution in [0.5, 0.6) is 0 Å². The Kier molecular flexibility index (Phi) is 35.8. The van der Waals surface area contributed by atoms with Crippen LogP contribution >= 0.6 is 0 Å². The Morgan fingerprint density at radius 2 is 0.587 bits per heavy atom. The molecule has 2 rings (SSSR count). The first-order chi connectivity index (χ1) is 30.1. The maximum Gasteiger partial charge on any atom is 0.206 e. The molecule has 0 aliphatic heterocycles. The minimum atomic E-state index is -3.85. The number of rotatable bonds is 36. The van der Waals surface area contributed by atoms with Crippen molar-refractivity contribution in [1.82, 2.24) is 0 Å². The van der Waals surface area contributed by atoms with Crippen LogP contribution in [0.4, 0.5) is 0 Å². The van der Waals surface area contributed by atoms with E-state index in [1.165, 1.54) is 215 Å². The van der Waals surface area contributed by atoms with Gasteiger partial charge in [-0.2, -0.15) is 0 Å². The van der Waals surface area contributed by atoms with Crippen LogP contribution in [0.15, 0.2) is 58.3 Å². The van der Waals surface area contributed by atoms with E-state index in [-0.39, 0.29) is 20.9 Å². The highest BCUT2D eigenvalue weighted by Gasteiger charge is 2.17. The smallest absolute Gasteiger partial charge is 0.206 e. The number of carbonyl (C=O) groups excluding carboxylic acids is 2. The molecule has 0 aliphatic rings. The van der Waals surface area contributed by atoms with Gasteiger partial charge in [0.05, 0.1) is 76.1 Å². The second kappa shape index (κ2) is 37.5. The summed E-state index contributed by atoms with van der Waals surface area (Å²) in [5, 5.41) is 21.2. The third-order valence-electron chi connectivity index (χ3n) is 12.7. The van der Waals surface area contributed by atoms with Gasteiger partial charge >= 0.3 is 0 Å². The van der Waals surface area contributed by atoms with Gasteiger partial charge in [-0.25, -0.2) is 8.42 Å². The predicted molar refractivity (Wildman–Crippen MR) is 263 cm³/mol. The fraction of sp³-hybridized carbons (Fsp3) is 0.741. The summed E-state index contributed by atoms with van der Waals surface area (Å²) in [4.78, 5) is 21.0. The maximum atomic E-state index is 12.3. The summed E-state index contributed by atoms with van der Waals surface area (Å²) >= 11 is 0. The third kappa shape index (κ3) is 32.5. The van der Waals surface area contributed by atoms with Crippen LogP contribution in [-0.4, -0.2) is 83.7 Å². The summed E-state index contributed by atoms with van der Waals surface area (Å²) in [6.45, 7) is 14.4. The van der Waals surface area contributed by atoms with Gasteiger partial charge in [-0.15, -0.1) is 0 Å². The van der Waals surface area contributed by atoms with Crippen LogP contribution in [0, 0.1) is 0 Å². The van der Waals surface area contributed by atoms with Crippen molar-refractivity contribution in [3.8, 4) is 0 Å². The highest BCUT2D eigenvalue weighted by atomic mass is 32.2. The van der Waals surface area contributed by atoms with Crippen molar-refractivity contribution in [2.75, 3.05) is 54.4 Å². The number of sulfone groups is 1. The first-order valence-corrected chi connectivity index (χ1v) is 27.1. The summed E-state index contributed by atoms with van der Waals surface area (Å²) in [5.74, 6) is -2.81. The van der Waals surface area contributed by atoms with Crippen LogP contribution in [0.2, 0.25) is 0 Å². The Morgan fingerprint density at radius 1 is 0.381 bits per heavy atom. The summed E-state index contributed by atoms with van der Waals surface area (Å²) < 4.78 is 26.9. The highest BCUT2D eigenvalue weighted by molar-refractivity contribution is 7.91. The van der Waals surface area contributed by atoms with Crippen molar-refractivity contribution < 1.29 is 37.2 Å². The van der Waals surface area contributed by atoms with Gasteiger partial charge in [0, 0.05) is 0 Å². The maximum absolute atomic E-state index is 12.3. The number of unbranched alkanes of at least 4 members (excludes halogenated alkanes) is 26. The van der Waals surface area contributed by atoms with Gasteiger partial charge in [0.25, 0.3) is 0 Å². The second-order valence-electron chi connectivity index (χ2n) is 19.3. The van der Waals surface area contributed by atoms with Crippen molar-refractivity contribution in [2.24, 2.45) is 0 Å². The predicted octanol–water partition coefficient (Wildman–Crippen LogP) is 12.4. The van der Waals surface area contributed by atoms with E-state index in [1.807, 2.05) is 0 Å². The van der Waals surface area contributed by atoms with E-state index in [9.17, 15) is 28.2 Å². The number of carboxylic acids is 2. The van der Waals surface area contributed by atoms with Gasteiger partial charge in [-0.1, -0.05) is 192 Å². The van der Waals surface area contributed by atoms with Gasteiger partial charge < -0.3 is 28.8 Å². The molecule has 2 aromatic rings. The van der Waals surface area contributed by atoms with E-state index in [1.54, 1.807) is 0 Å². The van der Waals surface area contributed by atoms with Crippen LogP contribution < -0.4 is 10.2 Å². The Labute approximate surface area is 388 Å². The van der Waals surface area contributed by atoms with Crippen molar-refractivity contribution in [3.05, 3.63) is 59.7 Å². The summed E-state index contributed by atoms with van der Waals surface area (Å²) in [5.41, 5.74) is -0.275. The molecule has 0 fully saturated rings. The first-order valence-electron chi connectivity index (χ1n) is 25.6. The fourth-order valence-electron chi connectivity index (χ4n) is 7.46. The van der Waals surface area contributed by atoms with Crippen molar-refractivity contribution in [2.45, 2.75) is 217 Å². The van der Waals surface area contributed by atoms with Gasteiger partial charge in [0.2, 0.25) is 9.84 Å². The average molecular weight is 901 g/mol. The molecular weight excluding hydrogens is 805 g/mol. The lowest BCUT2D eigenvalue weighted by Gasteiger charge is -2.28.